The molecule has 1 heterocycles. The predicted octanol–water partition coefficient (Wildman–Crippen LogP) is 4.97. The van der Waals surface area contributed by atoms with Crippen LogP contribution in [0.25, 0.3) is 11.3 Å². The number of nitrogens with zero attached hydrogens (tertiary/aromatic N) is 2. The molecule has 1 saturated carbocycles. The number of nitrogens with one attached hydrogen (secondary N) is 2. The van der Waals surface area contributed by atoms with E-state index in [-0.39, 0.29) is 22.7 Å². The van der Waals surface area contributed by atoms with Crippen molar-refractivity contribution in [3.63, 3.8) is 0 Å². The zero-order valence-corrected chi connectivity index (χ0v) is 24.1. The maximum absolute atomic E-state index is 13.1. The molecule has 0 radical (unpaired) electrons. The van der Waals surface area contributed by atoms with E-state index in [0.717, 1.165) is 50.8 Å². The zero-order valence-electron chi connectivity index (χ0n) is 23.3. The van der Waals surface area contributed by atoms with Crippen molar-refractivity contribution in [2.45, 2.75) is 75.3 Å². The number of rotatable bonds is 12. The lowest BCUT2D eigenvalue weighted by Crippen LogP contribution is -2.21. The van der Waals surface area contributed by atoms with E-state index in [9.17, 15) is 8.42 Å². The summed E-state index contributed by atoms with van der Waals surface area (Å²) in [6, 6.07) is 14.4. The second-order valence-electron chi connectivity index (χ2n) is 10.4. The Morgan fingerprint density at radius 2 is 1.85 bits per heavy atom. The van der Waals surface area contributed by atoms with Crippen LogP contribution in [-0.2, 0) is 21.1 Å². The third-order valence-corrected chi connectivity index (χ3v) is 9.83. The minimum absolute atomic E-state index is 0.0420. The number of nitrogens with two attached hydrogens (primary N) is 2. The Morgan fingerprint density at radius 1 is 1.12 bits per heavy atom. The van der Waals surface area contributed by atoms with Gasteiger partial charge in [-0.3, -0.25) is 11.1 Å². The molecule has 0 bridgehead atoms. The van der Waals surface area contributed by atoms with E-state index in [1.54, 1.807) is 24.3 Å². The third-order valence-electron chi connectivity index (χ3n) is 7.59. The van der Waals surface area contributed by atoms with E-state index in [2.05, 4.69) is 29.1 Å². The Hall–Kier alpha value is -3.34. The highest BCUT2D eigenvalue weighted by Gasteiger charge is 2.34. The smallest absolute Gasteiger partial charge is 0.238 e. The summed E-state index contributed by atoms with van der Waals surface area (Å²) in [5.74, 6) is 0.223. The van der Waals surface area contributed by atoms with Crippen LogP contribution in [-0.4, -0.2) is 36.1 Å². The lowest BCUT2D eigenvalue weighted by molar-refractivity contribution is 0.198. The molecule has 6 N–H and O–H groups in total. The van der Waals surface area contributed by atoms with Gasteiger partial charge in [-0.2, -0.15) is 0 Å². The normalized spacial score (nSPS) is 18.0. The highest BCUT2D eigenvalue weighted by molar-refractivity contribution is 7.92. The second-order valence-corrected chi connectivity index (χ2v) is 12.6. The third kappa shape index (κ3) is 7.04. The van der Waals surface area contributed by atoms with Gasteiger partial charge in [0.2, 0.25) is 5.90 Å². The fraction of sp³-hybridized carbons (Fsp3) is 0.433. The van der Waals surface area contributed by atoms with E-state index >= 15 is 0 Å². The molecule has 9 nitrogen and oxygen atoms in total. The van der Waals surface area contributed by atoms with Crippen LogP contribution >= 0.6 is 0 Å². The van der Waals surface area contributed by atoms with Gasteiger partial charge in [-0.15, -0.1) is 0 Å². The van der Waals surface area contributed by atoms with Crippen LogP contribution in [0, 0.1) is 11.3 Å². The van der Waals surface area contributed by atoms with Crippen molar-refractivity contribution in [3.8, 4) is 11.3 Å². The Morgan fingerprint density at radius 3 is 2.50 bits per heavy atom. The monoisotopic (exact) mass is 564 g/mol. The molecule has 4 rings (SSSR count). The molecule has 2 aromatic carbocycles. The molecule has 3 atom stereocenters. The molecule has 40 heavy (non-hydrogen) atoms. The number of hydrogen-bond donors (Lipinski definition) is 4. The van der Waals surface area contributed by atoms with E-state index in [1.807, 2.05) is 24.3 Å². The largest absolute Gasteiger partial charge is 0.453 e. The molecule has 0 amide bonds. The van der Waals surface area contributed by atoms with Crippen LogP contribution in [0.2, 0.25) is 0 Å². The Bertz CT molecular complexity index is 1390. The van der Waals surface area contributed by atoms with E-state index in [0.29, 0.717) is 34.1 Å². The molecule has 3 aromatic rings. The van der Waals surface area contributed by atoms with Crippen molar-refractivity contribution in [3.05, 3.63) is 71.5 Å². The first-order valence-electron chi connectivity index (χ1n) is 14.0. The molecule has 214 valence electrons. The first-order valence-corrected chi connectivity index (χ1v) is 15.5. The average molecular weight is 565 g/mol. The number of hydrogen-bond acceptors (Lipinski definition) is 9. The number of nitrogen functional groups attached to an aromatic ring is 1. The van der Waals surface area contributed by atoms with Crippen molar-refractivity contribution < 1.29 is 13.2 Å². The van der Waals surface area contributed by atoms with Crippen LogP contribution in [0.3, 0.4) is 0 Å². The maximum atomic E-state index is 13.1. The summed E-state index contributed by atoms with van der Waals surface area (Å²) in [6.07, 6.45) is 6.30. The standard InChI is InChI=1S/C30H40N6O3S/c1-3-5-16-34-18-21-6-9-23(10-7-21)29(32)39-30(33)27-28(31)35-19-26(36-27)22-11-14-24(15-12-22)40(37,38)25-13-8-20(4-2)17-25/h6-7,9-12,14-15,19-20,25,29,33-34H,3-5,8,13,16-18,32H2,1-2H3,(H2,31,35). The first kappa shape index (κ1) is 29.6. The summed E-state index contributed by atoms with van der Waals surface area (Å²) in [7, 11) is -3.39. The quantitative estimate of drug-likeness (QED) is 0.104. The van der Waals surface area contributed by atoms with Gasteiger partial charge in [0.15, 0.2) is 27.6 Å². The summed E-state index contributed by atoms with van der Waals surface area (Å²) in [5.41, 5.74) is 15.3. The summed E-state index contributed by atoms with van der Waals surface area (Å²) in [6.45, 7) is 6.02. The fourth-order valence-corrected chi connectivity index (χ4v) is 6.88. The van der Waals surface area contributed by atoms with Crippen LogP contribution in [0.5, 0.6) is 0 Å². The molecule has 0 spiro atoms. The first-order chi connectivity index (χ1) is 19.2. The lowest BCUT2D eigenvalue weighted by Gasteiger charge is -2.16. The Kier molecular flexibility index (Phi) is 9.89. The summed E-state index contributed by atoms with van der Waals surface area (Å²) < 4.78 is 31.9. The van der Waals surface area contributed by atoms with Crippen molar-refractivity contribution in [1.29, 1.82) is 5.41 Å². The molecule has 0 aliphatic heterocycles. The predicted molar refractivity (Wildman–Crippen MR) is 158 cm³/mol. The summed E-state index contributed by atoms with van der Waals surface area (Å²) in [5, 5.41) is 11.5. The minimum atomic E-state index is -3.39. The average Bonchev–Trinajstić information content (AvgIpc) is 3.46. The number of anilines is 1. The number of ether oxygens (including phenoxy) is 1. The highest BCUT2D eigenvalue weighted by atomic mass is 32.2. The molecular weight excluding hydrogens is 524 g/mol. The van der Waals surface area contributed by atoms with Crippen molar-refractivity contribution in [1.82, 2.24) is 15.3 Å². The maximum Gasteiger partial charge on any atom is 0.238 e. The Labute approximate surface area is 237 Å². The SMILES string of the molecule is CCCCNCc1ccc(C(N)OC(=N)c2nc(-c3ccc(S(=O)(=O)C4CCC(CC)C4)cc3)cnc2N)cc1. The van der Waals surface area contributed by atoms with Crippen molar-refractivity contribution >= 4 is 21.6 Å². The van der Waals surface area contributed by atoms with Crippen LogP contribution in [0.4, 0.5) is 5.82 Å². The molecule has 1 aliphatic rings. The van der Waals surface area contributed by atoms with E-state index in [4.69, 9.17) is 21.6 Å². The summed E-state index contributed by atoms with van der Waals surface area (Å²) in [4.78, 5) is 8.99. The van der Waals surface area contributed by atoms with Gasteiger partial charge in [0.05, 0.1) is 22.0 Å². The number of benzene rings is 2. The topological polar surface area (TPSA) is 157 Å². The van der Waals surface area contributed by atoms with Crippen molar-refractivity contribution in [2.24, 2.45) is 11.7 Å². The van der Waals surface area contributed by atoms with Crippen LogP contribution < -0.4 is 16.8 Å². The van der Waals surface area contributed by atoms with Crippen LogP contribution in [0.1, 0.15) is 75.4 Å². The number of unbranched alkanes of at least 4 members (excludes halogenated alkanes) is 1. The minimum Gasteiger partial charge on any atom is -0.453 e. The fourth-order valence-electron chi connectivity index (χ4n) is 5.00. The van der Waals surface area contributed by atoms with Gasteiger partial charge in [-0.05, 0) is 55.8 Å². The second kappa shape index (κ2) is 13.3. The van der Waals surface area contributed by atoms with Crippen molar-refractivity contribution in [2.75, 3.05) is 12.3 Å². The van der Waals surface area contributed by atoms with Crippen LogP contribution in [0.15, 0.2) is 59.6 Å². The van der Waals surface area contributed by atoms with Gasteiger partial charge >= 0.3 is 0 Å². The molecule has 1 fully saturated rings. The highest BCUT2D eigenvalue weighted by Crippen LogP contribution is 2.35. The molecule has 3 unspecified atom stereocenters. The van der Waals surface area contributed by atoms with Gasteiger partial charge in [0, 0.05) is 17.7 Å². The van der Waals surface area contributed by atoms with Gasteiger partial charge < -0.3 is 15.8 Å². The Balaban J connectivity index is 1.42. The number of sulfone groups is 1. The molecule has 10 heteroatoms. The van der Waals surface area contributed by atoms with Gasteiger partial charge in [0.25, 0.3) is 0 Å². The number of aromatic nitrogens is 2. The molecular formula is C30H40N6O3S. The van der Waals surface area contributed by atoms with E-state index in [1.165, 1.54) is 6.20 Å². The lowest BCUT2D eigenvalue weighted by atomic mass is 10.1. The molecule has 0 saturated heterocycles. The van der Waals surface area contributed by atoms with Gasteiger partial charge in [-0.1, -0.05) is 63.1 Å². The summed E-state index contributed by atoms with van der Waals surface area (Å²) >= 11 is 0. The molecule has 1 aliphatic carbocycles. The zero-order chi connectivity index (χ0) is 28.7. The van der Waals surface area contributed by atoms with Gasteiger partial charge in [-0.25, -0.2) is 18.4 Å². The molecule has 1 aromatic heterocycles. The van der Waals surface area contributed by atoms with Gasteiger partial charge in [0.1, 0.15) is 0 Å². The van der Waals surface area contributed by atoms with E-state index < -0.39 is 16.1 Å².